The molecule has 0 saturated heterocycles. The predicted molar refractivity (Wildman–Crippen MR) is 84.1 cm³/mol. The van der Waals surface area contributed by atoms with Gasteiger partial charge in [0.25, 0.3) is 0 Å². The highest BCUT2D eigenvalue weighted by atomic mass is 19.1. The highest BCUT2D eigenvalue weighted by Gasteiger charge is 2.32. The minimum atomic E-state index is -0.311. The molecule has 1 aromatic heterocycles. The van der Waals surface area contributed by atoms with Crippen LogP contribution in [0, 0.1) is 11.7 Å². The number of carbonyl (C=O) groups excluding carboxylic acids is 1. The zero-order valence-corrected chi connectivity index (χ0v) is 12.8. The molecule has 2 heterocycles. The van der Waals surface area contributed by atoms with Crippen molar-refractivity contribution in [2.45, 2.75) is 26.4 Å². The van der Waals surface area contributed by atoms with Crippen molar-refractivity contribution in [2.24, 2.45) is 5.92 Å². The van der Waals surface area contributed by atoms with Crippen molar-refractivity contribution in [2.75, 3.05) is 11.9 Å². The van der Waals surface area contributed by atoms with Crippen molar-refractivity contribution in [3.63, 3.8) is 0 Å². The van der Waals surface area contributed by atoms with E-state index in [1.807, 2.05) is 11.0 Å². The van der Waals surface area contributed by atoms with Crippen LogP contribution >= 0.6 is 0 Å². The summed E-state index contributed by atoms with van der Waals surface area (Å²) in [6.07, 6.45) is 2.06. The van der Waals surface area contributed by atoms with Crippen LogP contribution in [-0.4, -0.2) is 22.0 Å². The fraction of sp³-hybridized carbons (Fsp3) is 0.353. The first-order valence-electron chi connectivity index (χ1n) is 7.54. The van der Waals surface area contributed by atoms with Crippen LogP contribution in [0.25, 0.3) is 0 Å². The molecule has 2 amide bonds. The first kappa shape index (κ1) is 14.6. The van der Waals surface area contributed by atoms with E-state index in [1.54, 1.807) is 12.1 Å². The molecule has 0 saturated carbocycles. The Morgan fingerprint density at radius 3 is 2.64 bits per heavy atom. The summed E-state index contributed by atoms with van der Waals surface area (Å²) in [5, 5.41) is 2.86. The third-order valence-electron chi connectivity index (χ3n) is 4.07. The Morgan fingerprint density at radius 2 is 1.95 bits per heavy atom. The molecule has 22 heavy (non-hydrogen) atoms. The van der Waals surface area contributed by atoms with Crippen LogP contribution in [-0.2, 0) is 6.54 Å². The number of aromatic nitrogens is 1. The number of urea groups is 1. The van der Waals surface area contributed by atoms with Gasteiger partial charge < -0.3 is 14.8 Å². The lowest BCUT2D eigenvalue weighted by Crippen LogP contribution is -2.45. The molecule has 1 aliphatic rings. The van der Waals surface area contributed by atoms with Gasteiger partial charge in [-0.05, 0) is 42.3 Å². The van der Waals surface area contributed by atoms with Crippen molar-refractivity contribution < 1.29 is 9.18 Å². The average molecular weight is 301 g/mol. The zero-order chi connectivity index (χ0) is 15.7. The molecule has 5 heteroatoms. The van der Waals surface area contributed by atoms with E-state index < -0.39 is 0 Å². The first-order chi connectivity index (χ1) is 10.6. The van der Waals surface area contributed by atoms with Gasteiger partial charge in [0.2, 0.25) is 0 Å². The second-order valence-electron chi connectivity index (χ2n) is 5.95. The van der Waals surface area contributed by atoms with Crippen LogP contribution in [0.2, 0.25) is 0 Å². The Kier molecular flexibility index (Phi) is 3.88. The first-order valence-corrected chi connectivity index (χ1v) is 7.54. The van der Waals surface area contributed by atoms with E-state index in [-0.39, 0.29) is 17.9 Å². The summed E-state index contributed by atoms with van der Waals surface area (Å²) in [7, 11) is 0. The number of hydrogen-bond acceptors (Lipinski definition) is 1. The molecule has 0 fully saturated rings. The monoisotopic (exact) mass is 301 g/mol. The van der Waals surface area contributed by atoms with Gasteiger partial charge in [-0.15, -0.1) is 0 Å². The van der Waals surface area contributed by atoms with Crippen molar-refractivity contribution in [3.05, 3.63) is 54.1 Å². The summed E-state index contributed by atoms with van der Waals surface area (Å²) in [4.78, 5) is 14.5. The highest BCUT2D eigenvalue weighted by Crippen LogP contribution is 2.32. The van der Waals surface area contributed by atoms with Gasteiger partial charge in [0.1, 0.15) is 5.82 Å². The number of benzene rings is 1. The molecule has 1 N–H and O–H groups in total. The van der Waals surface area contributed by atoms with Gasteiger partial charge in [-0.25, -0.2) is 9.18 Å². The number of halogens is 1. The van der Waals surface area contributed by atoms with Gasteiger partial charge in [-0.2, -0.15) is 0 Å². The molecule has 1 aliphatic heterocycles. The standard InChI is InChI=1S/C17H20FN3O/c1-12(2)16-15-4-3-9-20(15)10-11-21(16)17(22)19-14-7-5-13(18)6-8-14/h3-9,12,16H,10-11H2,1-2H3,(H,19,22)/t16-/m1/s1. The minimum Gasteiger partial charge on any atom is -0.348 e. The summed E-state index contributed by atoms with van der Waals surface area (Å²) >= 11 is 0. The van der Waals surface area contributed by atoms with Crippen LogP contribution in [0.3, 0.4) is 0 Å². The van der Waals surface area contributed by atoms with Gasteiger partial charge in [0.05, 0.1) is 6.04 Å². The largest absolute Gasteiger partial charge is 0.348 e. The van der Waals surface area contributed by atoms with E-state index in [1.165, 1.54) is 12.1 Å². The summed E-state index contributed by atoms with van der Waals surface area (Å²) < 4.78 is 15.2. The Bertz CT molecular complexity index is 663. The lowest BCUT2D eigenvalue weighted by Gasteiger charge is -2.39. The number of amides is 2. The molecule has 0 aliphatic carbocycles. The lowest BCUT2D eigenvalue weighted by atomic mass is 9.97. The molecule has 2 aromatic rings. The Labute approximate surface area is 129 Å². The molecular formula is C17H20FN3O. The molecule has 1 aromatic carbocycles. The SMILES string of the molecule is CC(C)[C@@H]1c2cccn2CCN1C(=O)Nc1ccc(F)cc1. The van der Waals surface area contributed by atoms with Gasteiger partial charge in [0, 0.05) is 30.7 Å². The summed E-state index contributed by atoms with van der Waals surface area (Å²) in [5.41, 5.74) is 1.77. The van der Waals surface area contributed by atoms with E-state index in [4.69, 9.17) is 0 Å². The number of carbonyl (C=O) groups is 1. The van der Waals surface area contributed by atoms with Crippen LogP contribution in [0.5, 0.6) is 0 Å². The maximum atomic E-state index is 13.0. The summed E-state index contributed by atoms with van der Waals surface area (Å²) in [5.74, 6) is 0.00164. The van der Waals surface area contributed by atoms with Crippen LogP contribution in [0.15, 0.2) is 42.6 Å². The molecule has 1 atom stereocenters. The Morgan fingerprint density at radius 1 is 1.23 bits per heavy atom. The van der Waals surface area contributed by atoms with Crippen molar-refractivity contribution in [3.8, 4) is 0 Å². The minimum absolute atomic E-state index is 0.0456. The molecule has 0 unspecified atom stereocenters. The molecule has 0 radical (unpaired) electrons. The molecule has 116 valence electrons. The van der Waals surface area contributed by atoms with Crippen molar-refractivity contribution >= 4 is 11.7 Å². The second-order valence-corrected chi connectivity index (χ2v) is 5.95. The van der Waals surface area contributed by atoms with E-state index >= 15 is 0 Å². The molecule has 3 rings (SSSR count). The second kappa shape index (κ2) is 5.83. The van der Waals surface area contributed by atoms with Crippen LogP contribution in [0.1, 0.15) is 25.6 Å². The number of hydrogen-bond donors (Lipinski definition) is 1. The summed E-state index contributed by atoms with van der Waals surface area (Å²) in [6, 6.07) is 9.83. The van der Waals surface area contributed by atoms with Crippen LogP contribution in [0.4, 0.5) is 14.9 Å². The fourth-order valence-corrected chi connectivity index (χ4v) is 3.07. The maximum absolute atomic E-state index is 13.0. The van der Waals surface area contributed by atoms with Crippen LogP contribution < -0.4 is 5.32 Å². The number of nitrogens with one attached hydrogen (secondary N) is 1. The maximum Gasteiger partial charge on any atom is 0.322 e. The predicted octanol–water partition coefficient (Wildman–Crippen LogP) is 3.87. The van der Waals surface area contributed by atoms with E-state index in [0.29, 0.717) is 18.2 Å². The summed E-state index contributed by atoms with van der Waals surface area (Å²) in [6.45, 7) is 5.69. The normalized spacial score (nSPS) is 17.5. The molecular weight excluding hydrogens is 281 g/mol. The third-order valence-corrected chi connectivity index (χ3v) is 4.07. The van der Waals surface area contributed by atoms with Crippen molar-refractivity contribution in [1.82, 2.24) is 9.47 Å². The Hall–Kier alpha value is -2.30. The Balaban J connectivity index is 1.81. The average Bonchev–Trinajstić information content (AvgIpc) is 2.96. The zero-order valence-electron chi connectivity index (χ0n) is 12.8. The van der Waals surface area contributed by atoms with E-state index in [2.05, 4.69) is 36.0 Å². The lowest BCUT2D eigenvalue weighted by molar-refractivity contribution is 0.144. The molecule has 0 bridgehead atoms. The van der Waals surface area contributed by atoms with Gasteiger partial charge in [-0.3, -0.25) is 0 Å². The van der Waals surface area contributed by atoms with Gasteiger partial charge in [-0.1, -0.05) is 13.8 Å². The number of nitrogens with zero attached hydrogens (tertiary/aromatic N) is 2. The fourth-order valence-electron chi connectivity index (χ4n) is 3.07. The van der Waals surface area contributed by atoms with Gasteiger partial charge >= 0.3 is 6.03 Å². The van der Waals surface area contributed by atoms with Crippen molar-refractivity contribution in [1.29, 1.82) is 0 Å². The molecule has 4 nitrogen and oxygen atoms in total. The number of anilines is 1. The topological polar surface area (TPSA) is 37.3 Å². The number of fused-ring (bicyclic) bond motifs is 1. The third kappa shape index (κ3) is 2.71. The van der Waals surface area contributed by atoms with E-state index in [0.717, 1.165) is 12.2 Å². The molecule has 0 spiro atoms. The van der Waals surface area contributed by atoms with E-state index in [9.17, 15) is 9.18 Å². The number of rotatable bonds is 2. The smallest absolute Gasteiger partial charge is 0.322 e. The highest BCUT2D eigenvalue weighted by molar-refractivity contribution is 5.89. The quantitative estimate of drug-likeness (QED) is 0.898. The van der Waals surface area contributed by atoms with Gasteiger partial charge in [0.15, 0.2) is 0 Å².